The Morgan fingerprint density at radius 3 is 2.64 bits per heavy atom. The highest BCUT2D eigenvalue weighted by Crippen LogP contribution is 2.21. The maximum atomic E-state index is 5.32. The van der Waals surface area contributed by atoms with Crippen molar-refractivity contribution in [2.45, 2.75) is 17.8 Å². The van der Waals surface area contributed by atoms with Crippen LogP contribution in [0.4, 0.5) is 0 Å². The first-order valence-electron chi connectivity index (χ1n) is 7.77. The summed E-state index contributed by atoms with van der Waals surface area (Å²) in [5.74, 6) is 1.67. The standard InChI is InChI=1S/C18H15N5OS/c1-13-7-9-14(10-8-13)17-20-16(24-22-17)11-25-18-19-12-23(21-18)15-5-3-2-4-6-15/h2-10,12H,11H2,1H3. The fourth-order valence-corrected chi connectivity index (χ4v) is 2.92. The Kier molecular flexibility index (Phi) is 4.30. The third-order valence-corrected chi connectivity index (χ3v) is 4.43. The second-order valence-corrected chi connectivity index (χ2v) is 6.42. The van der Waals surface area contributed by atoms with Gasteiger partial charge in [-0.15, -0.1) is 5.10 Å². The van der Waals surface area contributed by atoms with Crippen LogP contribution in [0.3, 0.4) is 0 Å². The molecule has 6 nitrogen and oxygen atoms in total. The Morgan fingerprint density at radius 2 is 1.84 bits per heavy atom. The molecule has 0 aliphatic heterocycles. The van der Waals surface area contributed by atoms with Gasteiger partial charge in [0.2, 0.25) is 16.9 Å². The van der Waals surface area contributed by atoms with Crippen molar-refractivity contribution in [2.24, 2.45) is 0 Å². The highest BCUT2D eigenvalue weighted by Gasteiger charge is 2.11. The van der Waals surface area contributed by atoms with Gasteiger partial charge in [-0.25, -0.2) is 9.67 Å². The molecule has 0 amide bonds. The molecular weight excluding hydrogens is 334 g/mol. The molecule has 0 saturated heterocycles. The van der Waals surface area contributed by atoms with E-state index in [2.05, 4.69) is 20.2 Å². The predicted octanol–water partition coefficient (Wildman–Crippen LogP) is 3.92. The fourth-order valence-electron chi connectivity index (χ4n) is 2.28. The SMILES string of the molecule is Cc1ccc(-c2noc(CSc3ncn(-c4ccccc4)n3)n2)cc1. The van der Waals surface area contributed by atoms with Crippen LogP contribution in [-0.4, -0.2) is 24.9 Å². The van der Waals surface area contributed by atoms with Gasteiger partial charge < -0.3 is 4.52 Å². The van der Waals surface area contributed by atoms with Crippen LogP contribution >= 0.6 is 11.8 Å². The molecule has 4 rings (SSSR count). The van der Waals surface area contributed by atoms with Gasteiger partial charge in [0.05, 0.1) is 11.4 Å². The smallest absolute Gasteiger partial charge is 0.237 e. The Morgan fingerprint density at radius 1 is 1.04 bits per heavy atom. The summed E-state index contributed by atoms with van der Waals surface area (Å²) < 4.78 is 7.06. The topological polar surface area (TPSA) is 69.6 Å². The van der Waals surface area contributed by atoms with Crippen molar-refractivity contribution >= 4 is 11.8 Å². The highest BCUT2D eigenvalue weighted by atomic mass is 32.2. The maximum Gasteiger partial charge on any atom is 0.237 e. The number of nitrogens with zero attached hydrogens (tertiary/aromatic N) is 5. The minimum Gasteiger partial charge on any atom is -0.338 e. The van der Waals surface area contributed by atoms with Gasteiger partial charge in [-0.3, -0.25) is 0 Å². The lowest BCUT2D eigenvalue weighted by atomic mass is 10.1. The van der Waals surface area contributed by atoms with Gasteiger partial charge in [0.25, 0.3) is 0 Å². The van der Waals surface area contributed by atoms with E-state index in [1.807, 2.05) is 61.5 Å². The summed E-state index contributed by atoms with van der Waals surface area (Å²) in [6, 6.07) is 17.9. The van der Waals surface area contributed by atoms with Gasteiger partial charge in [-0.1, -0.05) is 64.9 Å². The van der Waals surface area contributed by atoms with Crippen LogP contribution in [0.15, 0.2) is 70.6 Å². The predicted molar refractivity (Wildman–Crippen MR) is 95.4 cm³/mol. The van der Waals surface area contributed by atoms with Crippen LogP contribution in [0, 0.1) is 6.92 Å². The molecule has 0 saturated carbocycles. The van der Waals surface area contributed by atoms with Crippen molar-refractivity contribution < 1.29 is 4.52 Å². The Balaban J connectivity index is 1.42. The number of rotatable bonds is 5. The van der Waals surface area contributed by atoms with Gasteiger partial charge >= 0.3 is 0 Å². The molecule has 0 unspecified atom stereocenters. The number of aryl methyl sites for hydroxylation is 1. The molecular formula is C18H15N5OS. The van der Waals surface area contributed by atoms with E-state index >= 15 is 0 Å². The molecule has 0 aliphatic carbocycles. The van der Waals surface area contributed by atoms with Crippen molar-refractivity contribution in [1.29, 1.82) is 0 Å². The van der Waals surface area contributed by atoms with Gasteiger partial charge in [0, 0.05) is 5.56 Å². The number of thioether (sulfide) groups is 1. The van der Waals surface area contributed by atoms with E-state index < -0.39 is 0 Å². The van der Waals surface area contributed by atoms with E-state index in [9.17, 15) is 0 Å². The largest absolute Gasteiger partial charge is 0.338 e. The molecule has 0 fully saturated rings. The summed E-state index contributed by atoms with van der Waals surface area (Å²) >= 11 is 1.46. The first-order valence-corrected chi connectivity index (χ1v) is 8.76. The maximum absolute atomic E-state index is 5.32. The van der Waals surface area contributed by atoms with E-state index in [-0.39, 0.29) is 0 Å². The van der Waals surface area contributed by atoms with E-state index in [1.165, 1.54) is 17.3 Å². The quantitative estimate of drug-likeness (QED) is 0.509. The molecule has 25 heavy (non-hydrogen) atoms. The normalized spacial score (nSPS) is 10.9. The van der Waals surface area contributed by atoms with Gasteiger partial charge in [-0.2, -0.15) is 4.98 Å². The number of hydrogen-bond donors (Lipinski definition) is 0. The molecule has 7 heteroatoms. The van der Waals surface area contributed by atoms with Crippen LogP contribution in [0.5, 0.6) is 0 Å². The first kappa shape index (κ1) is 15.6. The zero-order valence-corrected chi connectivity index (χ0v) is 14.3. The van der Waals surface area contributed by atoms with Crippen LogP contribution in [0.1, 0.15) is 11.5 Å². The second kappa shape index (κ2) is 6.90. The third kappa shape index (κ3) is 3.61. The molecule has 2 aromatic carbocycles. The highest BCUT2D eigenvalue weighted by molar-refractivity contribution is 7.98. The van der Waals surface area contributed by atoms with Crippen LogP contribution in [-0.2, 0) is 5.75 Å². The van der Waals surface area contributed by atoms with Crippen LogP contribution < -0.4 is 0 Å². The summed E-state index contributed by atoms with van der Waals surface area (Å²) in [6.07, 6.45) is 1.70. The molecule has 0 bridgehead atoms. The number of aromatic nitrogens is 5. The third-order valence-electron chi connectivity index (χ3n) is 3.59. The molecule has 0 aliphatic rings. The summed E-state index contributed by atoms with van der Waals surface area (Å²) in [5, 5.41) is 9.15. The molecule has 2 heterocycles. The molecule has 0 radical (unpaired) electrons. The average Bonchev–Trinajstić information content (AvgIpc) is 3.31. The van der Waals surface area contributed by atoms with Crippen LogP contribution in [0.25, 0.3) is 17.1 Å². The number of para-hydroxylation sites is 1. The summed E-state index contributed by atoms with van der Waals surface area (Å²) in [7, 11) is 0. The molecule has 2 aromatic heterocycles. The van der Waals surface area contributed by atoms with Crippen LogP contribution in [0.2, 0.25) is 0 Å². The monoisotopic (exact) mass is 349 g/mol. The van der Waals surface area contributed by atoms with E-state index in [1.54, 1.807) is 11.0 Å². The lowest BCUT2D eigenvalue weighted by Gasteiger charge is -1.97. The zero-order chi connectivity index (χ0) is 17.1. The van der Waals surface area contributed by atoms with E-state index in [0.717, 1.165) is 11.3 Å². The second-order valence-electron chi connectivity index (χ2n) is 5.47. The lowest BCUT2D eigenvalue weighted by Crippen LogP contribution is -1.93. The minimum absolute atomic E-state index is 0.525. The summed E-state index contributed by atoms with van der Waals surface area (Å²) in [4.78, 5) is 8.74. The Bertz CT molecular complexity index is 963. The van der Waals surface area contributed by atoms with Crippen molar-refractivity contribution in [3.8, 4) is 17.1 Å². The van der Waals surface area contributed by atoms with E-state index in [0.29, 0.717) is 22.6 Å². The number of benzene rings is 2. The lowest BCUT2D eigenvalue weighted by molar-refractivity contribution is 0.391. The van der Waals surface area contributed by atoms with Crippen molar-refractivity contribution in [3.05, 3.63) is 72.4 Å². The Labute approximate surface area is 148 Å². The van der Waals surface area contributed by atoms with E-state index in [4.69, 9.17) is 4.52 Å². The summed E-state index contributed by atoms with van der Waals surface area (Å²) in [6.45, 7) is 2.05. The average molecular weight is 349 g/mol. The molecule has 124 valence electrons. The van der Waals surface area contributed by atoms with Gasteiger partial charge in [-0.05, 0) is 19.1 Å². The molecule has 0 N–H and O–H groups in total. The number of hydrogen-bond acceptors (Lipinski definition) is 6. The van der Waals surface area contributed by atoms with Crippen molar-refractivity contribution in [2.75, 3.05) is 0 Å². The Hall–Kier alpha value is -2.93. The molecule has 0 atom stereocenters. The fraction of sp³-hybridized carbons (Fsp3) is 0.111. The molecule has 0 spiro atoms. The zero-order valence-electron chi connectivity index (χ0n) is 13.5. The minimum atomic E-state index is 0.525. The summed E-state index contributed by atoms with van der Waals surface area (Å²) in [5.41, 5.74) is 3.11. The van der Waals surface area contributed by atoms with Crippen molar-refractivity contribution in [1.82, 2.24) is 24.9 Å². The molecule has 4 aromatic rings. The van der Waals surface area contributed by atoms with Crippen molar-refractivity contribution in [3.63, 3.8) is 0 Å². The first-order chi connectivity index (χ1) is 12.3. The van der Waals surface area contributed by atoms with Gasteiger partial charge in [0.15, 0.2) is 0 Å². The van der Waals surface area contributed by atoms with Gasteiger partial charge in [0.1, 0.15) is 6.33 Å².